The van der Waals surface area contributed by atoms with E-state index in [0.29, 0.717) is 11.1 Å². The quantitative estimate of drug-likeness (QED) is 0.156. The maximum atomic E-state index is 13.5. The zero-order valence-corrected chi connectivity index (χ0v) is 24.3. The smallest absolute Gasteiger partial charge is 0.439 e. The minimum Gasteiger partial charge on any atom is -0.442 e. The molecule has 0 aliphatic carbocycles. The average molecular weight is 586 g/mol. The molecule has 0 saturated carbocycles. The molecule has 3 rings (SSSR count). The first-order valence-electron chi connectivity index (χ1n) is 13.4. The van der Waals surface area contributed by atoms with Crippen molar-refractivity contribution in [2.75, 3.05) is 17.0 Å². The minimum absolute atomic E-state index is 0.0292. The molecule has 0 aliphatic rings. The number of nitrogens with one attached hydrogen (secondary N) is 1. The monoisotopic (exact) mass is 585 g/mol. The molecule has 42 heavy (non-hydrogen) atoms. The number of ketones is 1. The third-order valence-corrected chi connectivity index (χ3v) is 5.85. The predicted octanol–water partition coefficient (Wildman–Crippen LogP) is 7.80. The largest absolute Gasteiger partial charge is 0.442 e. The number of hydrogen-bond donors (Lipinski definition) is 1. The molecular formula is C31H34F3N3O5. The van der Waals surface area contributed by atoms with Crippen LogP contribution in [0.25, 0.3) is 11.1 Å². The van der Waals surface area contributed by atoms with Crippen LogP contribution in [0, 0.1) is 0 Å². The summed E-state index contributed by atoms with van der Waals surface area (Å²) in [4.78, 5) is 48.6. The summed E-state index contributed by atoms with van der Waals surface area (Å²) in [5.74, 6) is -1.22. The van der Waals surface area contributed by atoms with E-state index in [0.717, 1.165) is 29.0 Å². The molecule has 0 atom stereocenters. The van der Waals surface area contributed by atoms with Crippen molar-refractivity contribution >= 4 is 29.2 Å². The topological polar surface area (TPSA) is 97.8 Å². The Labute approximate surface area is 242 Å². The second-order valence-corrected chi connectivity index (χ2v) is 10.8. The Balaban J connectivity index is 1.89. The number of aromatic nitrogens is 1. The Hall–Kier alpha value is -4.25. The van der Waals surface area contributed by atoms with Gasteiger partial charge in [-0.15, -0.1) is 0 Å². The number of alkyl halides is 3. The Morgan fingerprint density at radius 1 is 0.976 bits per heavy atom. The van der Waals surface area contributed by atoms with Gasteiger partial charge in [0.25, 0.3) is 0 Å². The Kier molecular flexibility index (Phi) is 10.1. The number of anilines is 2. The number of Topliss-reactive ketones (excluding diaryl/α,β-unsaturated/α-hetero) is 1. The van der Waals surface area contributed by atoms with Crippen molar-refractivity contribution in [2.45, 2.75) is 65.7 Å². The molecule has 0 unspecified atom stereocenters. The van der Waals surface area contributed by atoms with E-state index in [9.17, 15) is 27.6 Å². The van der Waals surface area contributed by atoms with E-state index < -0.39 is 41.5 Å². The molecule has 0 fully saturated rings. The molecule has 0 spiro atoms. The molecule has 1 heterocycles. The van der Waals surface area contributed by atoms with Crippen molar-refractivity contribution in [2.24, 2.45) is 0 Å². The van der Waals surface area contributed by atoms with Gasteiger partial charge < -0.3 is 10.1 Å². The molecular weight excluding hydrogens is 551 g/mol. The number of pyridine rings is 1. The van der Waals surface area contributed by atoms with Crippen LogP contribution in [0.4, 0.5) is 29.3 Å². The highest BCUT2D eigenvalue weighted by molar-refractivity contribution is 6.12. The Morgan fingerprint density at radius 2 is 1.67 bits per heavy atom. The number of rotatable bonds is 9. The summed E-state index contributed by atoms with van der Waals surface area (Å²) in [6, 6.07) is 12.8. The van der Waals surface area contributed by atoms with Crippen LogP contribution in [0.3, 0.4) is 0 Å². The summed E-state index contributed by atoms with van der Waals surface area (Å²) in [6.45, 7) is 10.4. The Morgan fingerprint density at radius 3 is 2.29 bits per heavy atom. The van der Waals surface area contributed by atoms with Crippen LogP contribution in [0.5, 0.6) is 0 Å². The predicted molar refractivity (Wildman–Crippen MR) is 153 cm³/mol. The van der Waals surface area contributed by atoms with Gasteiger partial charge in [0, 0.05) is 17.5 Å². The fraction of sp³-hybridized carbons (Fsp3) is 0.355. The van der Waals surface area contributed by atoms with E-state index >= 15 is 0 Å². The van der Waals surface area contributed by atoms with E-state index in [1.807, 2.05) is 32.0 Å². The molecule has 2 aromatic carbocycles. The maximum Gasteiger partial charge on any atom is 0.439 e. The van der Waals surface area contributed by atoms with Crippen LogP contribution in [0.15, 0.2) is 60.8 Å². The summed E-state index contributed by atoms with van der Waals surface area (Å²) in [5.41, 5.74) is 0.145. The SMILES string of the molecule is CCON(C(=O)OC(C)(C)C)c1ccc(C(F)(F)F)cc1NC(=O)CC(=O)c1cccc(-c2ccnc(C(C)C)c2)c1. The number of benzene rings is 2. The number of amides is 2. The summed E-state index contributed by atoms with van der Waals surface area (Å²) in [5, 5.41) is 3.02. The summed E-state index contributed by atoms with van der Waals surface area (Å²) in [6.07, 6.45) is -4.71. The molecule has 1 N–H and O–H groups in total. The fourth-order valence-corrected chi connectivity index (χ4v) is 3.90. The minimum atomic E-state index is -4.74. The van der Waals surface area contributed by atoms with Crippen LogP contribution < -0.4 is 10.4 Å². The average Bonchev–Trinajstić information content (AvgIpc) is 2.90. The first-order chi connectivity index (χ1) is 19.6. The number of carbonyl (C=O) groups excluding carboxylic acids is 3. The normalized spacial score (nSPS) is 11.8. The molecule has 0 radical (unpaired) electrons. The molecule has 11 heteroatoms. The lowest BCUT2D eigenvalue weighted by Crippen LogP contribution is -2.37. The van der Waals surface area contributed by atoms with Gasteiger partial charge >= 0.3 is 12.3 Å². The van der Waals surface area contributed by atoms with Crippen molar-refractivity contribution in [3.8, 4) is 11.1 Å². The molecule has 3 aromatic rings. The van der Waals surface area contributed by atoms with E-state index in [1.165, 1.54) is 0 Å². The Bertz CT molecular complexity index is 1450. The number of ether oxygens (including phenoxy) is 1. The summed E-state index contributed by atoms with van der Waals surface area (Å²) >= 11 is 0. The van der Waals surface area contributed by atoms with Crippen molar-refractivity contribution in [3.05, 3.63) is 77.6 Å². The molecule has 0 bridgehead atoms. The highest BCUT2D eigenvalue weighted by atomic mass is 19.4. The molecule has 224 valence electrons. The molecule has 1 aromatic heterocycles. The zero-order valence-electron chi connectivity index (χ0n) is 24.3. The number of hydrogen-bond acceptors (Lipinski definition) is 6. The van der Waals surface area contributed by atoms with E-state index in [-0.39, 0.29) is 29.5 Å². The van der Waals surface area contributed by atoms with Gasteiger partial charge in [0.2, 0.25) is 5.91 Å². The van der Waals surface area contributed by atoms with Gasteiger partial charge in [0.05, 0.1) is 30.0 Å². The lowest BCUT2D eigenvalue weighted by atomic mass is 9.98. The number of hydroxylamine groups is 1. The third-order valence-electron chi connectivity index (χ3n) is 5.85. The van der Waals surface area contributed by atoms with Crippen molar-refractivity contribution in [3.63, 3.8) is 0 Å². The van der Waals surface area contributed by atoms with Crippen molar-refractivity contribution in [1.29, 1.82) is 0 Å². The number of nitrogens with zero attached hydrogens (tertiary/aromatic N) is 2. The fourth-order valence-electron chi connectivity index (χ4n) is 3.90. The van der Waals surface area contributed by atoms with Gasteiger partial charge in [-0.1, -0.05) is 32.0 Å². The highest BCUT2D eigenvalue weighted by Crippen LogP contribution is 2.36. The number of carbonyl (C=O) groups is 3. The maximum absolute atomic E-state index is 13.5. The zero-order chi connectivity index (χ0) is 31.2. The first kappa shape index (κ1) is 32.3. The van der Waals surface area contributed by atoms with Gasteiger partial charge in [0.15, 0.2) is 5.78 Å². The van der Waals surface area contributed by atoms with E-state index in [4.69, 9.17) is 9.57 Å². The second-order valence-electron chi connectivity index (χ2n) is 10.8. The molecule has 8 nitrogen and oxygen atoms in total. The van der Waals surface area contributed by atoms with Crippen LogP contribution in [-0.4, -0.2) is 35.0 Å². The molecule has 2 amide bonds. The standard InChI is InChI=1S/C31H34F3N3O5/c1-7-41-37(29(40)42-30(4,5)6)26-12-11-23(31(32,33)34)17-25(26)36-28(39)18-27(38)22-10-8-9-20(15-22)21-13-14-35-24(16-21)19(2)3/h8-17,19H,7,18H2,1-6H3,(H,36,39). The highest BCUT2D eigenvalue weighted by Gasteiger charge is 2.33. The lowest BCUT2D eigenvalue weighted by molar-refractivity contribution is -0.137. The van der Waals surface area contributed by atoms with Crippen LogP contribution in [0.1, 0.15) is 75.5 Å². The molecule has 0 aliphatic heterocycles. The third kappa shape index (κ3) is 8.62. The van der Waals surface area contributed by atoms with Gasteiger partial charge in [-0.3, -0.25) is 19.4 Å². The number of halogens is 3. The van der Waals surface area contributed by atoms with E-state index in [1.54, 1.807) is 52.1 Å². The summed E-state index contributed by atoms with van der Waals surface area (Å²) in [7, 11) is 0. The van der Waals surface area contributed by atoms with Gasteiger partial charge in [-0.2, -0.15) is 18.2 Å². The second kappa shape index (κ2) is 13.2. The first-order valence-corrected chi connectivity index (χ1v) is 13.4. The van der Waals surface area contributed by atoms with Crippen molar-refractivity contribution in [1.82, 2.24) is 4.98 Å². The van der Waals surface area contributed by atoms with Gasteiger partial charge in [0.1, 0.15) is 5.60 Å². The van der Waals surface area contributed by atoms with Gasteiger partial charge in [-0.25, -0.2) is 4.79 Å². The van der Waals surface area contributed by atoms with Gasteiger partial charge in [-0.05, 0) is 81.1 Å². The molecule has 0 saturated heterocycles. The van der Waals surface area contributed by atoms with E-state index in [2.05, 4.69) is 10.3 Å². The summed E-state index contributed by atoms with van der Waals surface area (Å²) < 4.78 is 45.9. The van der Waals surface area contributed by atoms with Crippen LogP contribution in [0.2, 0.25) is 0 Å². The van der Waals surface area contributed by atoms with Crippen LogP contribution >= 0.6 is 0 Å². The van der Waals surface area contributed by atoms with Crippen LogP contribution in [-0.2, 0) is 20.5 Å². The lowest BCUT2D eigenvalue weighted by Gasteiger charge is -2.28. The van der Waals surface area contributed by atoms with Crippen molar-refractivity contribution < 1.29 is 37.1 Å².